The number of carbonyl (C=O) groups is 1. The van der Waals surface area contributed by atoms with Crippen molar-refractivity contribution in [2.24, 2.45) is 5.92 Å². The van der Waals surface area contributed by atoms with Crippen LogP contribution in [-0.2, 0) is 4.79 Å². The Morgan fingerprint density at radius 3 is 2.37 bits per heavy atom. The molecular formula is C23H31N5O2. The molecule has 160 valence electrons. The molecule has 2 aromatic rings. The fourth-order valence-electron chi connectivity index (χ4n) is 4.39. The summed E-state index contributed by atoms with van der Waals surface area (Å²) in [5.41, 5.74) is 1.74. The van der Waals surface area contributed by atoms with Crippen LogP contribution < -0.4 is 9.64 Å². The third-order valence-corrected chi connectivity index (χ3v) is 6.33. The zero-order valence-electron chi connectivity index (χ0n) is 18.0. The molecule has 30 heavy (non-hydrogen) atoms. The second-order valence-corrected chi connectivity index (χ2v) is 8.00. The minimum Gasteiger partial charge on any atom is -0.496 e. The summed E-state index contributed by atoms with van der Waals surface area (Å²) in [5, 5.41) is 8.88. The molecule has 2 fully saturated rings. The van der Waals surface area contributed by atoms with E-state index in [1.807, 2.05) is 36.4 Å². The Kier molecular flexibility index (Phi) is 6.47. The average Bonchev–Trinajstić information content (AvgIpc) is 2.84. The summed E-state index contributed by atoms with van der Waals surface area (Å²) in [7, 11) is 1.66. The molecule has 0 radical (unpaired) electrons. The number of amides is 1. The SMILES string of the molecule is CCN1CCN(C(=O)C2CCN(c3ccc(-c4ccccc4OC)nn3)CC2)CC1. The number of rotatable bonds is 5. The van der Waals surface area contributed by atoms with Gasteiger partial charge in [0.25, 0.3) is 0 Å². The van der Waals surface area contributed by atoms with E-state index in [1.54, 1.807) is 7.11 Å². The Hall–Kier alpha value is -2.67. The number of hydrogen-bond donors (Lipinski definition) is 0. The van der Waals surface area contributed by atoms with Gasteiger partial charge in [-0.3, -0.25) is 4.79 Å². The second-order valence-electron chi connectivity index (χ2n) is 8.00. The lowest BCUT2D eigenvalue weighted by molar-refractivity contribution is -0.137. The van der Waals surface area contributed by atoms with Crippen molar-refractivity contribution in [3.63, 3.8) is 0 Å². The number of hydrogen-bond acceptors (Lipinski definition) is 6. The van der Waals surface area contributed by atoms with E-state index < -0.39 is 0 Å². The summed E-state index contributed by atoms with van der Waals surface area (Å²) in [5.74, 6) is 2.13. The van der Waals surface area contributed by atoms with Crippen molar-refractivity contribution >= 4 is 11.7 Å². The quantitative estimate of drug-likeness (QED) is 0.756. The van der Waals surface area contributed by atoms with Crippen molar-refractivity contribution in [2.45, 2.75) is 19.8 Å². The van der Waals surface area contributed by atoms with Gasteiger partial charge in [-0.1, -0.05) is 19.1 Å². The molecule has 1 amide bonds. The second kappa shape index (κ2) is 9.43. The van der Waals surface area contributed by atoms with Crippen LogP contribution in [0.3, 0.4) is 0 Å². The Morgan fingerprint density at radius 2 is 1.73 bits per heavy atom. The van der Waals surface area contributed by atoms with Gasteiger partial charge >= 0.3 is 0 Å². The van der Waals surface area contributed by atoms with Crippen molar-refractivity contribution < 1.29 is 9.53 Å². The molecule has 4 rings (SSSR count). The zero-order chi connectivity index (χ0) is 20.9. The molecule has 0 N–H and O–H groups in total. The number of anilines is 1. The van der Waals surface area contributed by atoms with Gasteiger partial charge in [0.15, 0.2) is 5.82 Å². The summed E-state index contributed by atoms with van der Waals surface area (Å²) in [6, 6.07) is 11.8. The van der Waals surface area contributed by atoms with E-state index in [9.17, 15) is 4.79 Å². The highest BCUT2D eigenvalue weighted by Gasteiger charge is 2.30. The molecule has 0 spiro atoms. The van der Waals surface area contributed by atoms with Gasteiger partial charge in [0.2, 0.25) is 5.91 Å². The van der Waals surface area contributed by atoms with E-state index in [-0.39, 0.29) is 5.92 Å². The Morgan fingerprint density at radius 1 is 1.00 bits per heavy atom. The fraction of sp³-hybridized carbons (Fsp3) is 0.522. The molecule has 2 aliphatic rings. The Labute approximate surface area is 178 Å². The van der Waals surface area contributed by atoms with Crippen LogP contribution in [0.5, 0.6) is 5.75 Å². The summed E-state index contributed by atoms with van der Waals surface area (Å²) in [6.45, 7) is 8.65. The number of piperazine rings is 1. The molecular weight excluding hydrogens is 378 g/mol. The first-order valence-corrected chi connectivity index (χ1v) is 10.9. The van der Waals surface area contributed by atoms with Gasteiger partial charge in [0.1, 0.15) is 5.75 Å². The fourth-order valence-corrected chi connectivity index (χ4v) is 4.39. The van der Waals surface area contributed by atoms with Crippen LogP contribution in [0.15, 0.2) is 36.4 Å². The maximum absolute atomic E-state index is 12.9. The standard InChI is InChI=1S/C23H31N5O2/c1-3-26-14-16-28(17-15-26)23(29)18-10-12-27(13-11-18)22-9-8-20(24-25-22)19-6-4-5-7-21(19)30-2/h4-9,18H,3,10-17H2,1-2H3. The predicted octanol–water partition coefficient (Wildman–Crippen LogP) is 2.53. The van der Waals surface area contributed by atoms with E-state index in [0.717, 1.165) is 81.5 Å². The molecule has 0 bridgehead atoms. The number of para-hydroxylation sites is 1. The summed E-state index contributed by atoms with van der Waals surface area (Å²) >= 11 is 0. The lowest BCUT2D eigenvalue weighted by atomic mass is 9.95. The van der Waals surface area contributed by atoms with Crippen LogP contribution in [0.25, 0.3) is 11.3 Å². The number of methoxy groups -OCH3 is 1. The average molecular weight is 410 g/mol. The van der Waals surface area contributed by atoms with E-state index in [1.165, 1.54) is 0 Å². The van der Waals surface area contributed by atoms with Gasteiger partial charge in [-0.2, -0.15) is 0 Å². The smallest absolute Gasteiger partial charge is 0.225 e. The van der Waals surface area contributed by atoms with Gasteiger partial charge in [-0.25, -0.2) is 0 Å². The molecule has 1 aromatic carbocycles. The number of benzene rings is 1. The predicted molar refractivity (Wildman–Crippen MR) is 118 cm³/mol. The molecule has 0 unspecified atom stereocenters. The molecule has 3 heterocycles. The Bertz CT molecular complexity index is 841. The van der Waals surface area contributed by atoms with E-state index in [0.29, 0.717) is 5.91 Å². The monoisotopic (exact) mass is 409 g/mol. The van der Waals surface area contributed by atoms with Gasteiger partial charge in [-0.05, 0) is 43.7 Å². The van der Waals surface area contributed by atoms with Crippen LogP contribution in [0.4, 0.5) is 5.82 Å². The van der Waals surface area contributed by atoms with Crippen LogP contribution in [-0.4, -0.2) is 78.8 Å². The molecule has 7 heteroatoms. The molecule has 7 nitrogen and oxygen atoms in total. The normalized spacial score (nSPS) is 18.5. The maximum Gasteiger partial charge on any atom is 0.225 e. The van der Waals surface area contributed by atoms with Crippen molar-refractivity contribution in [3.05, 3.63) is 36.4 Å². The minimum absolute atomic E-state index is 0.134. The molecule has 2 saturated heterocycles. The first-order chi connectivity index (χ1) is 14.7. The van der Waals surface area contributed by atoms with Crippen molar-refractivity contribution in [1.29, 1.82) is 0 Å². The van der Waals surface area contributed by atoms with E-state index in [4.69, 9.17) is 4.74 Å². The third-order valence-electron chi connectivity index (χ3n) is 6.33. The van der Waals surface area contributed by atoms with Gasteiger partial charge < -0.3 is 19.4 Å². The first kappa shape index (κ1) is 20.6. The lowest BCUT2D eigenvalue weighted by Crippen LogP contribution is -2.51. The molecule has 0 aliphatic carbocycles. The maximum atomic E-state index is 12.9. The number of likely N-dealkylation sites (N-methyl/N-ethyl adjacent to an activating group) is 1. The minimum atomic E-state index is 0.134. The third kappa shape index (κ3) is 4.41. The van der Waals surface area contributed by atoms with Crippen molar-refractivity contribution in [1.82, 2.24) is 20.0 Å². The molecule has 2 aliphatic heterocycles. The number of carbonyl (C=O) groups excluding carboxylic acids is 1. The van der Waals surface area contributed by atoms with Gasteiger partial charge in [0, 0.05) is 50.7 Å². The van der Waals surface area contributed by atoms with Crippen LogP contribution in [0.2, 0.25) is 0 Å². The molecule has 0 atom stereocenters. The molecule has 0 saturated carbocycles. The summed E-state index contributed by atoms with van der Waals surface area (Å²) < 4.78 is 5.43. The topological polar surface area (TPSA) is 61.8 Å². The summed E-state index contributed by atoms with van der Waals surface area (Å²) in [4.78, 5) is 19.6. The molecule has 1 aromatic heterocycles. The highest BCUT2D eigenvalue weighted by atomic mass is 16.5. The van der Waals surface area contributed by atoms with E-state index in [2.05, 4.69) is 31.8 Å². The zero-order valence-corrected chi connectivity index (χ0v) is 18.0. The van der Waals surface area contributed by atoms with Crippen LogP contribution >= 0.6 is 0 Å². The number of nitrogens with zero attached hydrogens (tertiary/aromatic N) is 5. The van der Waals surface area contributed by atoms with Gasteiger partial charge in [0.05, 0.1) is 12.8 Å². The number of piperidine rings is 1. The highest BCUT2D eigenvalue weighted by molar-refractivity contribution is 5.79. The highest BCUT2D eigenvalue weighted by Crippen LogP contribution is 2.29. The van der Waals surface area contributed by atoms with Crippen molar-refractivity contribution in [2.75, 3.05) is 57.8 Å². The Balaban J connectivity index is 1.33. The lowest BCUT2D eigenvalue weighted by Gasteiger charge is -2.38. The number of aromatic nitrogens is 2. The van der Waals surface area contributed by atoms with Crippen LogP contribution in [0.1, 0.15) is 19.8 Å². The number of ether oxygens (including phenoxy) is 1. The van der Waals surface area contributed by atoms with Gasteiger partial charge in [-0.15, -0.1) is 10.2 Å². The van der Waals surface area contributed by atoms with E-state index >= 15 is 0 Å². The summed E-state index contributed by atoms with van der Waals surface area (Å²) in [6.07, 6.45) is 1.76. The van der Waals surface area contributed by atoms with Crippen molar-refractivity contribution in [3.8, 4) is 17.0 Å². The largest absolute Gasteiger partial charge is 0.496 e. The van der Waals surface area contributed by atoms with Crippen LogP contribution in [0, 0.1) is 5.92 Å². The first-order valence-electron chi connectivity index (χ1n) is 10.9.